The Kier molecular flexibility index (Phi) is 5.73. The monoisotopic (exact) mass is 393 g/mol. The van der Waals surface area contributed by atoms with Crippen molar-refractivity contribution in [1.82, 2.24) is 5.32 Å². The normalized spacial score (nSPS) is 11.5. The van der Waals surface area contributed by atoms with Gasteiger partial charge in [-0.05, 0) is 37.6 Å². The molecule has 3 aromatic rings. The molecule has 1 aromatic heterocycles. The Balaban J connectivity index is 1.89. The van der Waals surface area contributed by atoms with Crippen molar-refractivity contribution in [3.05, 3.63) is 93.4 Å². The number of nitrogens with one attached hydrogen (secondary N) is 2. The first kappa shape index (κ1) is 19.8. The predicted molar refractivity (Wildman–Crippen MR) is 107 cm³/mol. The Labute approximate surface area is 166 Å². The van der Waals surface area contributed by atoms with Gasteiger partial charge in [0, 0.05) is 23.4 Å². The van der Waals surface area contributed by atoms with E-state index < -0.39 is 17.0 Å². The van der Waals surface area contributed by atoms with Gasteiger partial charge in [-0.2, -0.15) is 0 Å². The van der Waals surface area contributed by atoms with E-state index in [4.69, 9.17) is 4.42 Å². The molecule has 8 nitrogen and oxygen atoms in total. The van der Waals surface area contributed by atoms with Gasteiger partial charge in [0.25, 0.3) is 11.6 Å². The summed E-state index contributed by atoms with van der Waals surface area (Å²) in [4.78, 5) is 35.9. The molecule has 3 rings (SSSR count). The quantitative estimate of drug-likeness (QED) is 0.273. The fourth-order valence-electron chi connectivity index (χ4n) is 2.74. The van der Waals surface area contributed by atoms with E-state index in [1.165, 1.54) is 30.5 Å². The molecular formula is C21H19N3O5. The minimum absolute atomic E-state index is 0.0610. The van der Waals surface area contributed by atoms with Crippen LogP contribution < -0.4 is 10.6 Å². The molecule has 148 valence electrons. The van der Waals surface area contributed by atoms with E-state index in [1.807, 2.05) is 6.92 Å². The fourth-order valence-corrected chi connectivity index (χ4v) is 2.74. The van der Waals surface area contributed by atoms with Crippen molar-refractivity contribution in [1.29, 1.82) is 0 Å². The van der Waals surface area contributed by atoms with E-state index in [2.05, 4.69) is 10.6 Å². The molecule has 0 bridgehead atoms. The minimum atomic E-state index is -1.10. The van der Waals surface area contributed by atoms with E-state index in [-0.39, 0.29) is 17.2 Å². The molecular weight excluding hydrogens is 374 g/mol. The van der Waals surface area contributed by atoms with E-state index in [1.54, 1.807) is 37.3 Å². The first-order valence-corrected chi connectivity index (χ1v) is 8.82. The van der Waals surface area contributed by atoms with Crippen LogP contribution in [0.4, 0.5) is 11.4 Å². The molecule has 1 heterocycles. The maximum absolute atomic E-state index is 13.0. The number of rotatable bonds is 7. The number of ketones is 1. The fraction of sp³-hybridized carbons (Fsp3) is 0.143. The summed E-state index contributed by atoms with van der Waals surface area (Å²) in [6.07, 6.45) is 0.259. The van der Waals surface area contributed by atoms with Crippen LogP contribution in [0.5, 0.6) is 0 Å². The van der Waals surface area contributed by atoms with Crippen LogP contribution in [0.2, 0.25) is 0 Å². The number of hydrogen-bond donors (Lipinski definition) is 2. The van der Waals surface area contributed by atoms with Gasteiger partial charge in [-0.15, -0.1) is 0 Å². The number of Topliss-reactive ketones (excluding diaryl/α,β-unsaturated/α-hetero) is 1. The summed E-state index contributed by atoms with van der Waals surface area (Å²) in [5, 5.41) is 16.5. The van der Waals surface area contributed by atoms with Crippen molar-refractivity contribution in [3.8, 4) is 0 Å². The van der Waals surface area contributed by atoms with Gasteiger partial charge in [0.1, 0.15) is 0 Å². The average molecular weight is 393 g/mol. The number of non-ortho nitro benzene ring substituents is 1. The maximum atomic E-state index is 13.0. The lowest BCUT2D eigenvalue weighted by Gasteiger charge is -2.21. The average Bonchev–Trinajstić information content (AvgIpc) is 3.23. The number of carbonyl (C=O) groups excluding carboxylic acids is 2. The van der Waals surface area contributed by atoms with Crippen LogP contribution in [0.25, 0.3) is 0 Å². The number of carbonyl (C=O) groups is 2. The topological polar surface area (TPSA) is 114 Å². The number of nitro groups is 1. The van der Waals surface area contributed by atoms with Gasteiger partial charge in [0.05, 0.1) is 11.2 Å². The van der Waals surface area contributed by atoms with Crippen LogP contribution >= 0.6 is 0 Å². The lowest BCUT2D eigenvalue weighted by atomic mass is 10.1. The lowest BCUT2D eigenvalue weighted by Crippen LogP contribution is -2.46. The smallest absolute Gasteiger partial charge is 0.288 e. The van der Waals surface area contributed by atoms with Crippen molar-refractivity contribution >= 4 is 23.1 Å². The summed E-state index contributed by atoms with van der Waals surface area (Å²) in [7, 11) is 0. The number of hydrogen-bond acceptors (Lipinski definition) is 6. The second-order valence-electron chi connectivity index (χ2n) is 6.51. The molecule has 29 heavy (non-hydrogen) atoms. The van der Waals surface area contributed by atoms with Crippen LogP contribution in [-0.4, -0.2) is 22.8 Å². The highest BCUT2D eigenvalue weighted by Gasteiger charge is 2.24. The molecule has 1 amide bonds. The summed E-state index contributed by atoms with van der Waals surface area (Å²) in [6.45, 7) is 3.58. The lowest BCUT2D eigenvalue weighted by molar-refractivity contribution is -0.384. The van der Waals surface area contributed by atoms with Crippen molar-refractivity contribution in [2.75, 3.05) is 5.32 Å². The van der Waals surface area contributed by atoms with Gasteiger partial charge in [-0.1, -0.05) is 29.8 Å². The molecule has 2 aromatic carbocycles. The van der Waals surface area contributed by atoms with Gasteiger partial charge < -0.3 is 15.1 Å². The summed E-state index contributed by atoms with van der Waals surface area (Å²) in [5.74, 6) is -0.857. The molecule has 0 saturated carbocycles. The van der Waals surface area contributed by atoms with E-state index in [0.717, 1.165) is 5.56 Å². The first-order chi connectivity index (χ1) is 13.8. The van der Waals surface area contributed by atoms with Gasteiger partial charge >= 0.3 is 0 Å². The molecule has 0 aliphatic heterocycles. The van der Waals surface area contributed by atoms with Crippen molar-refractivity contribution < 1.29 is 18.9 Å². The zero-order valence-corrected chi connectivity index (χ0v) is 15.8. The third-order valence-corrected chi connectivity index (χ3v) is 4.34. The molecule has 0 aliphatic rings. The zero-order chi connectivity index (χ0) is 21.0. The number of benzene rings is 2. The van der Waals surface area contributed by atoms with Gasteiger partial charge in [-0.3, -0.25) is 19.7 Å². The second-order valence-corrected chi connectivity index (χ2v) is 6.51. The molecule has 0 aliphatic carbocycles. The summed E-state index contributed by atoms with van der Waals surface area (Å²) in [6, 6.07) is 14.2. The third-order valence-electron chi connectivity index (χ3n) is 4.34. The Morgan fingerprint density at radius 1 is 1.07 bits per heavy atom. The zero-order valence-electron chi connectivity index (χ0n) is 15.8. The molecule has 2 N–H and O–H groups in total. The maximum Gasteiger partial charge on any atom is 0.288 e. The van der Waals surface area contributed by atoms with Gasteiger partial charge in [0.15, 0.2) is 11.9 Å². The minimum Gasteiger partial charge on any atom is -0.459 e. The van der Waals surface area contributed by atoms with Crippen molar-refractivity contribution in [2.45, 2.75) is 20.0 Å². The first-order valence-electron chi connectivity index (χ1n) is 8.82. The van der Waals surface area contributed by atoms with Crippen LogP contribution in [0.15, 0.2) is 65.3 Å². The van der Waals surface area contributed by atoms with Crippen LogP contribution in [0.3, 0.4) is 0 Å². The van der Waals surface area contributed by atoms with Gasteiger partial charge in [0.2, 0.25) is 5.78 Å². The Hall–Kier alpha value is -3.94. The highest BCUT2D eigenvalue weighted by molar-refractivity contribution is 6.04. The third kappa shape index (κ3) is 4.67. The largest absolute Gasteiger partial charge is 0.459 e. The Bertz CT molecular complexity index is 1040. The summed E-state index contributed by atoms with van der Waals surface area (Å²) >= 11 is 0. The molecule has 8 heteroatoms. The summed E-state index contributed by atoms with van der Waals surface area (Å²) < 4.78 is 5.09. The predicted octanol–water partition coefficient (Wildman–Crippen LogP) is 3.86. The SMILES string of the molecule is Cc1ccc(C(=O)[C@@H](NC(=O)c2ccco2)Nc2ccc([N+](=O)[O-])cc2C)cc1. The van der Waals surface area contributed by atoms with Crippen molar-refractivity contribution in [3.63, 3.8) is 0 Å². The Morgan fingerprint density at radius 3 is 2.38 bits per heavy atom. The van der Waals surface area contributed by atoms with Crippen LogP contribution in [-0.2, 0) is 0 Å². The Morgan fingerprint density at radius 2 is 1.79 bits per heavy atom. The molecule has 0 fully saturated rings. The van der Waals surface area contributed by atoms with E-state index in [9.17, 15) is 19.7 Å². The molecule has 0 saturated heterocycles. The number of furan rings is 1. The van der Waals surface area contributed by atoms with Gasteiger partial charge in [-0.25, -0.2) is 0 Å². The summed E-state index contributed by atoms with van der Waals surface area (Å²) in [5.41, 5.74) is 2.40. The number of nitrogens with zero attached hydrogens (tertiary/aromatic N) is 1. The molecule has 1 atom stereocenters. The second kappa shape index (κ2) is 8.39. The van der Waals surface area contributed by atoms with Crippen molar-refractivity contribution in [2.24, 2.45) is 0 Å². The highest BCUT2D eigenvalue weighted by atomic mass is 16.6. The number of aryl methyl sites for hydroxylation is 2. The molecule has 0 unspecified atom stereocenters. The standard InChI is InChI=1S/C21H19N3O5/c1-13-5-7-15(8-6-13)19(25)20(23-21(26)18-4-3-11-29-18)22-17-10-9-16(24(27)28)12-14(17)2/h3-12,20,22H,1-2H3,(H,23,26)/t20-/m1/s1. The molecule has 0 spiro atoms. The molecule has 0 radical (unpaired) electrons. The van der Waals surface area contributed by atoms with Crippen LogP contribution in [0, 0.1) is 24.0 Å². The highest BCUT2D eigenvalue weighted by Crippen LogP contribution is 2.22. The van der Waals surface area contributed by atoms with E-state index >= 15 is 0 Å². The number of nitro benzene ring substituents is 1. The number of amides is 1. The van der Waals surface area contributed by atoms with Crippen LogP contribution in [0.1, 0.15) is 32.0 Å². The van der Waals surface area contributed by atoms with E-state index in [0.29, 0.717) is 16.8 Å². The number of anilines is 1.